The van der Waals surface area contributed by atoms with Crippen LogP contribution in [-0.4, -0.2) is 108 Å². The molecule has 0 saturated carbocycles. The van der Waals surface area contributed by atoms with Crippen LogP contribution in [0.15, 0.2) is 77.8 Å². The Bertz CT molecular complexity index is 1740. The van der Waals surface area contributed by atoms with Crippen molar-refractivity contribution in [1.29, 1.82) is 0 Å². The van der Waals surface area contributed by atoms with Crippen LogP contribution >= 0.6 is 35.1 Å². The van der Waals surface area contributed by atoms with Crippen molar-refractivity contribution in [2.75, 3.05) is 46.9 Å². The number of alkyl carbamates (subject to hydrolysis) is 1. The van der Waals surface area contributed by atoms with Gasteiger partial charge in [-0.15, -0.1) is 35.1 Å². The molecule has 0 aliphatic carbocycles. The summed E-state index contributed by atoms with van der Waals surface area (Å²) in [5, 5.41) is 9.21. The molecule has 12 nitrogen and oxygen atoms in total. The molecule has 3 heterocycles. The highest BCUT2D eigenvalue weighted by Crippen LogP contribution is 2.21. The third kappa shape index (κ3) is 14.5. The fraction of sp³-hybridized carbons (Fsp3) is 0.488. The molecular formula is C41H56ClN7O5S2. The number of carbonyl (C=O) groups excluding carboxylic acids is 3. The Kier molecular flexibility index (Phi) is 18.5. The first-order valence-electron chi connectivity index (χ1n) is 19.1. The van der Waals surface area contributed by atoms with Crippen molar-refractivity contribution >= 4 is 53.1 Å². The second kappa shape index (κ2) is 23.2. The van der Waals surface area contributed by atoms with Gasteiger partial charge in [-0.05, 0) is 43.2 Å². The Labute approximate surface area is 345 Å². The summed E-state index contributed by atoms with van der Waals surface area (Å²) in [7, 11) is 3.57. The number of morpholine rings is 1. The smallest absolute Gasteiger partial charge is 0.407 e. The topological polar surface area (TPSA) is 129 Å². The summed E-state index contributed by atoms with van der Waals surface area (Å²) in [6.45, 7) is 8.21. The minimum Gasteiger partial charge on any atom is -0.444 e. The molecule has 1 saturated heterocycles. The zero-order valence-corrected chi connectivity index (χ0v) is 35.3. The molecule has 4 amide bonds. The summed E-state index contributed by atoms with van der Waals surface area (Å²) in [6.07, 6.45) is 4.08. The molecule has 304 valence electrons. The van der Waals surface area contributed by atoms with Gasteiger partial charge >= 0.3 is 12.1 Å². The number of amides is 4. The number of halogens is 1. The van der Waals surface area contributed by atoms with Crippen LogP contribution in [0.3, 0.4) is 0 Å². The first-order chi connectivity index (χ1) is 26.6. The molecule has 56 heavy (non-hydrogen) atoms. The Morgan fingerprint density at radius 1 is 0.911 bits per heavy atom. The third-order valence-corrected chi connectivity index (χ3v) is 11.7. The molecule has 2 aromatic carbocycles. The van der Waals surface area contributed by atoms with Crippen molar-refractivity contribution in [2.24, 2.45) is 0 Å². The largest absolute Gasteiger partial charge is 0.444 e. The highest BCUT2D eigenvalue weighted by molar-refractivity contribution is 7.09. The lowest BCUT2D eigenvalue weighted by Crippen LogP contribution is -2.54. The standard InChI is InChI=1S/C41H55N7O5S2.ClH/c1-30(2)38-43-34(28-54-38)26-46(3)40(50)45-37(17-18-48-19-21-52-22-20-48)39(49)47(4)35(24-32-13-9-6-10-14-32)16-15-33(23-31-11-7-5-8-12-31)44-41(51)53-27-36-25-42-29-55-36;/h5-14,25,28-30,33,35,37H,15-24,26-27H2,1-4H3,(H,44,51)(H,45,50);1H/t33-,35-,37+;/m1./s1. The van der Waals surface area contributed by atoms with Gasteiger partial charge in [-0.3, -0.25) is 14.7 Å². The lowest BCUT2D eigenvalue weighted by Gasteiger charge is -2.34. The second-order valence-corrected chi connectivity index (χ2v) is 16.2. The van der Waals surface area contributed by atoms with Gasteiger partial charge in [0.2, 0.25) is 5.91 Å². The van der Waals surface area contributed by atoms with E-state index < -0.39 is 12.1 Å². The number of hydrogen-bond donors (Lipinski definition) is 2. The number of ether oxygens (including phenoxy) is 2. The molecule has 2 aromatic heterocycles. The zero-order valence-electron chi connectivity index (χ0n) is 32.8. The van der Waals surface area contributed by atoms with E-state index in [0.29, 0.717) is 64.3 Å². The number of hydrogen-bond acceptors (Lipinski definition) is 10. The van der Waals surface area contributed by atoms with Gasteiger partial charge in [0.05, 0.1) is 40.8 Å². The molecule has 5 rings (SSSR count). The van der Waals surface area contributed by atoms with Crippen LogP contribution in [0.25, 0.3) is 0 Å². The quantitative estimate of drug-likeness (QED) is 0.106. The van der Waals surface area contributed by atoms with Crippen LogP contribution in [0.5, 0.6) is 0 Å². The SMILES string of the molecule is CC(C)c1nc(CN(C)C(=O)N[C@@H](CCN2CCOCC2)C(=O)N(C)[C@H](CC[C@H](Cc2ccccc2)NC(=O)OCc2cncs2)Cc2ccccc2)cs1.Cl. The number of benzene rings is 2. The number of nitrogens with one attached hydrogen (secondary N) is 2. The van der Waals surface area contributed by atoms with E-state index in [9.17, 15) is 14.4 Å². The van der Waals surface area contributed by atoms with Crippen LogP contribution in [0, 0.1) is 0 Å². The van der Waals surface area contributed by atoms with E-state index in [1.54, 1.807) is 39.9 Å². The Balaban J connectivity index is 0.00000696. The molecule has 0 bridgehead atoms. The van der Waals surface area contributed by atoms with Crippen molar-refractivity contribution in [2.45, 2.75) is 83.1 Å². The monoisotopic (exact) mass is 825 g/mol. The zero-order chi connectivity index (χ0) is 39.0. The fourth-order valence-electron chi connectivity index (χ4n) is 6.55. The highest BCUT2D eigenvalue weighted by Gasteiger charge is 2.31. The van der Waals surface area contributed by atoms with Crippen LogP contribution < -0.4 is 10.6 Å². The first-order valence-corrected chi connectivity index (χ1v) is 20.8. The number of carbonyl (C=O) groups is 3. The number of urea groups is 1. The summed E-state index contributed by atoms with van der Waals surface area (Å²) in [4.78, 5) is 56.6. The van der Waals surface area contributed by atoms with E-state index in [0.717, 1.165) is 39.8 Å². The van der Waals surface area contributed by atoms with Gasteiger partial charge in [-0.2, -0.15) is 0 Å². The van der Waals surface area contributed by atoms with E-state index in [1.165, 1.54) is 11.3 Å². The summed E-state index contributed by atoms with van der Waals surface area (Å²) < 4.78 is 11.1. The van der Waals surface area contributed by atoms with E-state index in [4.69, 9.17) is 14.5 Å². The van der Waals surface area contributed by atoms with E-state index in [1.807, 2.05) is 61.0 Å². The lowest BCUT2D eigenvalue weighted by atomic mass is 9.94. The van der Waals surface area contributed by atoms with Crippen molar-refractivity contribution in [3.05, 3.63) is 104 Å². The van der Waals surface area contributed by atoms with Gasteiger partial charge in [0, 0.05) is 63.3 Å². The van der Waals surface area contributed by atoms with E-state index >= 15 is 0 Å². The Hall–Kier alpha value is -4.08. The molecule has 2 N–H and O–H groups in total. The minimum atomic E-state index is -0.748. The van der Waals surface area contributed by atoms with E-state index in [2.05, 4.69) is 46.5 Å². The summed E-state index contributed by atoms with van der Waals surface area (Å²) in [5.41, 5.74) is 4.73. The summed E-state index contributed by atoms with van der Waals surface area (Å²) >= 11 is 3.03. The minimum absolute atomic E-state index is 0. The van der Waals surface area contributed by atoms with Gasteiger partial charge < -0.3 is 29.9 Å². The molecule has 0 unspecified atom stereocenters. The Morgan fingerprint density at radius 2 is 1.59 bits per heavy atom. The molecule has 0 radical (unpaired) electrons. The van der Waals surface area contributed by atoms with Gasteiger partial charge in [-0.1, -0.05) is 74.5 Å². The number of likely N-dealkylation sites (N-methyl/N-ethyl adjacent to an activating group) is 1. The maximum absolute atomic E-state index is 14.6. The van der Waals surface area contributed by atoms with Crippen LogP contribution in [0.1, 0.15) is 65.7 Å². The maximum Gasteiger partial charge on any atom is 0.407 e. The normalized spacial score (nSPS) is 14.6. The average molecular weight is 827 g/mol. The van der Waals surface area contributed by atoms with Crippen molar-refractivity contribution in [3.63, 3.8) is 0 Å². The molecule has 15 heteroatoms. The van der Waals surface area contributed by atoms with Crippen molar-refractivity contribution in [1.82, 2.24) is 35.3 Å². The van der Waals surface area contributed by atoms with Gasteiger partial charge in [0.25, 0.3) is 0 Å². The molecule has 1 aliphatic rings. The van der Waals surface area contributed by atoms with Crippen LogP contribution in [0.2, 0.25) is 0 Å². The summed E-state index contributed by atoms with van der Waals surface area (Å²) in [5.74, 6) is 0.162. The van der Waals surface area contributed by atoms with Gasteiger partial charge in [-0.25, -0.2) is 14.6 Å². The number of rotatable bonds is 19. The van der Waals surface area contributed by atoms with Gasteiger partial charge in [0.15, 0.2) is 0 Å². The molecule has 1 fully saturated rings. The number of aromatic nitrogens is 2. The van der Waals surface area contributed by atoms with E-state index in [-0.39, 0.29) is 43.0 Å². The fourth-order valence-corrected chi connectivity index (χ4v) is 7.88. The highest BCUT2D eigenvalue weighted by atomic mass is 35.5. The third-order valence-electron chi connectivity index (χ3n) is 9.78. The van der Waals surface area contributed by atoms with Gasteiger partial charge in [0.1, 0.15) is 12.6 Å². The molecule has 0 spiro atoms. The molecule has 1 aliphatic heterocycles. The van der Waals surface area contributed by atoms with Crippen molar-refractivity contribution in [3.8, 4) is 0 Å². The number of thiazole rings is 2. The van der Waals surface area contributed by atoms with Crippen LogP contribution in [-0.2, 0) is 40.3 Å². The predicted molar refractivity (Wildman–Crippen MR) is 224 cm³/mol. The Morgan fingerprint density at radius 3 is 2.21 bits per heavy atom. The predicted octanol–water partition coefficient (Wildman–Crippen LogP) is 6.76. The van der Waals surface area contributed by atoms with Crippen molar-refractivity contribution < 1.29 is 23.9 Å². The molecule has 3 atom stereocenters. The molecule has 4 aromatic rings. The maximum atomic E-state index is 14.6. The second-order valence-electron chi connectivity index (χ2n) is 14.4. The summed E-state index contributed by atoms with van der Waals surface area (Å²) in [6, 6.07) is 18.6. The average Bonchev–Trinajstić information content (AvgIpc) is 3.91. The first kappa shape index (κ1) is 44.6. The lowest BCUT2D eigenvalue weighted by molar-refractivity contribution is -0.134. The molecular weight excluding hydrogens is 770 g/mol. The number of nitrogens with zero attached hydrogens (tertiary/aromatic N) is 5. The van der Waals surface area contributed by atoms with Crippen LogP contribution in [0.4, 0.5) is 9.59 Å².